The Kier molecular flexibility index (Phi) is 2.41. The third-order valence-electron chi connectivity index (χ3n) is 2.91. The fraction of sp³-hybridized carbons (Fsp3) is 0.600. The molecule has 3 heteroatoms. The molecule has 1 aliphatic rings. The van der Waals surface area contributed by atoms with Crippen LogP contribution >= 0.6 is 11.3 Å². The van der Waals surface area contributed by atoms with E-state index in [-0.39, 0.29) is 0 Å². The molecule has 1 saturated carbocycles. The largest absolute Gasteiger partial charge is 0.389 e. The highest BCUT2D eigenvalue weighted by molar-refractivity contribution is 7.10. The highest BCUT2D eigenvalue weighted by Gasteiger charge is 2.36. The second kappa shape index (κ2) is 3.40. The summed E-state index contributed by atoms with van der Waals surface area (Å²) in [5, 5.41) is 12.0. The van der Waals surface area contributed by atoms with Crippen molar-refractivity contribution in [2.75, 3.05) is 6.54 Å². The molecule has 0 radical (unpaired) electrons. The number of hydrogen-bond acceptors (Lipinski definition) is 3. The van der Waals surface area contributed by atoms with Gasteiger partial charge >= 0.3 is 0 Å². The van der Waals surface area contributed by atoms with Crippen LogP contribution in [0.1, 0.15) is 30.1 Å². The predicted molar refractivity (Wildman–Crippen MR) is 54.9 cm³/mol. The standard InChI is InChI=1S/C10H15NOS/c11-7-10(12)4-3-8(6-10)9-2-1-5-13-9/h1-2,5,8,12H,3-4,6-7,11H2. The second-order valence-corrected chi connectivity index (χ2v) is 4.86. The van der Waals surface area contributed by atoms with Crippen LogP contribution in [-0.2, 0) is 0 Å². The topological polar surface area (TPSA) is 46.2 Å². The Hall–Kier alpha value is -0.380. The number of nitrogens with two attached hydrogens (primary N) is 1. The van der Waals surface area contributed by atoms with Crippen LogP contribution in [0.2, 0.25) is 0 Å². The molecule has 2 unspecified atom stereocenters. The van der Waals surface area contributed by atoms with Gasteiger partial charge in [-0.2, -0.15) is 0 Å². The lowest BCUT2D eigenvalue weighted by molar-refractivity contribution is 0.0555. The van der Waals surface area contributed by atoms with E-state index in [1.807, 2.05) is 0 Å². The van der Waals surface area contributed by atoms with Crippen molar-refractivity contribution in [3.05, 3.63) is 22.4 Å². The molecule has 1 fully saturated rings. The smallest absolute Gasteiger partial charge is 0.0775 e. The summed E-state index contributed by atoms with van der Waals surface area (Å²) in [6, 6.07) is 4.22. The minimum atomic E-state index is -0.589. The third-order valence-corrected chi connectivity index (χ3v) is 3.94. The maximum atomic E-state index is 9.95. The summed E-state index contributed by atoms with van der Waals surface area (Å²) in [6.45, 7) is 0.398. The molecule has 0 spiro atoms. The molecule has 1 aromatic rings. The summed E-state index contributed by atoms with van der Waals surface area (Å²) in [7, 11) is 0. The van der Waals surface area contributed by atoms with Crippen molar-refractivity contribution in [3.63, 3.8) is 0 Å². The van der Waals surface area contributed by atoms with Gasteiger partial charge in [-0.05, 0) is 36.6 Å². The summed E-state index contributed by atoms with van der Waals surface area (Å²) < 4.78 is 0. The van der Waals surface area contributed by atoms with E-state index in [9.17, 15) is 5.11 Å². The van der Waals surface area contributed by atoms with Gasteiger partial charge in [0.2, 0.25) is 0 Å². The van der Waals surface area contributed by atoms with E-state index in [0.29, 0.717) is 12.5 Å². The molecule has 0 aromatic carbocycles. The first-order valence-electron chi connectivity index (χ1n) is 4.69. The average molecular weight is 197 g/mol. The fourth-order valence-corrected chi connectivity index (χ4v) is 2.92. The molecule has 0 saturated heterocycles. The van der Waals surface area contributed by atoms with Gasteiger partial charge in [-0.3, -0.25) is 0 Å². The van der Waals surface area contributed by atoms with E-state index in [1.165, 1.54) is 4.88 Å². The van der Waals surface area contributed by atoms with Gasteiger partial charge in [0.15, 0.2) is 0 Å². The SMILES string of the molecule is NCC1(O)CCC(c2cccs2)C1. The van der Waals surface area contributed by atoms with Crippen molar-refractivity contribution in [1.82, 2.24) is 0 Å². The lowest BCUT2D eigenvalue weighted by atomic mass is 10.00. The van der Waals surface area contributed by atoms with Crippen molar-refractivity contribution in [1.29, 1.82) is 0 Å². The van der Waals surface area contributed by atoms with Crippen LogP contribution in [0, 0.1) is 0 Å². The van der Waals surface area contributed by atoms with Gasteiger partial charge in [-0.15, -0.1) is 11.3 Å². The van der Waals surface area contributed by atoms with Crippen molar-refractivity contribution < 1.29 is 5.11 Å². The predicted octanol–water partition coefficient (Wildman–Crippen LogP) is 1.71. The second-order valence-electron chi connectivity index (χ2n) is 3.88. The summed E-state index contributed by atoms with van der Waals surface area (Å²) in [6.07, 6.45) is 2.77. The van der Waals surface area contributed by atoms with Gasteiger partial charge in [0.1, 0.15) is 0 Å². The lowest BCUT2D eigenvalue weighted by Gasteiger charge is -2.19. The Morgan fingerprint density at radius 2 is 2.54 bits per heavy atom. The minimum absolute atomic E-state index is 0.398. The van der Waals surface area contributed by atoms with Crippen LogP contribution < -0.4 is 5.73 Å². The molecule has 13 heavy (non-hydrogen) atoms. The quantitative estimate of drug-likeness (QED) is 0.758. The van der Waals surface area contributed by atoms with Gasteiger partial charge in [0.25, 0.3) is 0 Å². The van der Waals surface area contributed by atoms with Gasteiger partial charge in [-0.25, -0.2) is 0 Å². The van der Waals surface area contributed by atoms with Crippen molar-refractivity contribution >= 4 is 11.3 Å². The van der Waals surface area contributed by atoms with Gasteiger partial charge in [0.05, 0.1) is 5.60 Å². The monoisotopic (exact) mass is 197 g/mol. The average Bonchev–Trinajstić information content (AvgIpc) is 2.73. The molecule has 0 aliphatic heterocycles. The van der Waals surface area contributed by atoms with Crippen molar-refractivity contribution in [2.24, 2.45) is 5.73 Å². The normalized spacial score (nSPS) is 33.8. The highest BCUT2D eigenvalue weighted by atomic mass is 32.1. The van der Waals surface area contributed by atoms with Gasteiger partial charge in [0, 0.05) is 11.4 Å². The summed E-state index contributed by atoms with van der Waals surface area (Å²) >= 11 is 1.78. The first kappa shape index (κ1) is 9.19. The van der Waals surface area contributed by atoms with E-state index < -0.39 is 5.60 Å². The maximum absolute atomic E-state index is 9.95. The number of aliphatic hydroxyl groups is 1. The summed E-state index contributed by atoms with van der Waals surface area (Å²) in [5.74, 6) is 0.536. The van der Waals surface area contributed by atoms with E-state index in [2.05, 4.69) is 17.5 Å². The lowest BCUT2D eigenvalue weighted by Crippen LogP contribution is -2.34. The third kappa shape index (κ3) is 1.77. The zero-order valence-corrected chi connectivity index (χ0v) is 8.39. The van der Waals surface area contributed by atoms with Crippen molar-refractivity contribution in [2.45, 2.75) is 30.8 Å². The molecule has 72 valence electrons. The van der Waals surface area contributed by atoms with Gasteiger partial charge in [-0.1, -0.05) is 6.07 Å². The minimum Gasteiger partial charge on any atom is -0.389 e. The van der Waals surface area contributed by atoms with Crippen molar-refractivity contribution in [3.8, 4) is 0 Å². The fourth-order valence-electron chi connectivity index (χ4n) is 2.06. The first-order chi connectivity index (χ1) is 6.23. The Balaban J connectivity index is 2.07. The molecule has 2 nitrogen and oxygen atoms in total. The molecular formula is C10H15NOS. The number of hydrogen-bond donors (Lipinski definition) is 2. The van der Waals surface area contributed by atoms with Crippen LogP contribution in [0.25, 0.3) is 0 Å². The van der Waals surface area contributed by atoms with Crippen LogP contribution in [0.5, 0.6) is 0 Å². The van der Waals surface area contributed by atoms with Crippen LogP contribution in [0.15, 0.2) is 17.5 Å². The molecule has 1 aromatic heterocycles. The zero-order valence-electron chi connectivity index (χ0n) is 7.57. The zero-order chi connectivity index (χ0) is 9.31. The number of thiophene rings is 1. The summed E-state index contributed by atoms with van der Waals surface area (Å²) in [4.78, 5) is 1.39. The Morgan fingerprint density at radius 3 is 3.08 bits per heavy atom. The molecule has 0 amide bonds. The summed E-state index contributed by atoms with van der Waals surface area (Å²) in [5.41, 5.74) is 4.95. The first-order valence-corrected chi connectivity index (χ1v) is 5.57. The van der Waals surface area contributed by atoms with Crippen LogP contribution in [-0.4, -0.2) is 17.3 Å². The van der Waals surface area contributed by atoms with E-state index in [0.717, 1.165) is 19.3 Å². The molecule has 1 heterocycles. The Labute approximate surface area is 82.4 Å². The van der Waals surface area contributed by atoms with Crippen LogP contribution in [0.3, 0.4) is 0 Å². The van der Waals surface area contributed by atoms with E-state index >= 15 is 0 Å². The molecule has 1 aliphatic carbocycles. The number of rotatable bonds is 2. The molecule has 0 bridgehead atoms. The molecular weight excluding hydrogens is 182 g/mol. The highest BCUT2D eigenvalue weighted by Crippen LogP contribution is 2.41. The van der Waals surface area contributed by atoms with Gasteiger partial charge < -0.3 is 10.8 Å². The van der Waals surface area contributed by atoms with E-state index in [1.54, 1.807) is 11.3 Å². The molecule has 3 N–H and O–H groups in total. The Bertz CT molecular complexity index is 272. The molecule has 2 rings (SSSR count). The Morgan fingerprint density at radius 1 is 1.69 bits per heavy atom. The maximum Gasteiger partial charge on any atom is 0.0775 e. The van der Waals surface area contributed by atoms with E-state index in [4.69, 9.17) is 5.73 Å². The molecule has 2 atom stereocenters. The van der Waals surface area contributed by atoms with Crippen LogP contribution in [0.4, 0.5) is 0 Å².